The summed E-state index contributed by atoms with van der Waals surface area (Å²) in [5.41, 5.74) is 2.85. The summed E-state index contributed by atoms with van der Waals surface area (Å²) >= 11 is 0. The Balaban J connectivity index is 1.42. The summed E-state index contributed by atoms with van der Waals surface area (Å²) in [5, 5.41) is 0. The number of carbonyl (C=O) groups is 1. The van der Waals surface area contributed by atoms with Crippen molar-refractivity contribution in [1.82, 2.24) is 19.8 Å². The van der Waals surface area contributed by atoms with Gasteiger partial charge < -0.3 is 14.6 Å². The minimum Gasteiger partial charge on any atom is -0.348 e. The average Bonchev–Trinajstić information content (AvgIpc) is 3.34. The molecule has 0 saturated carbocycles. The van der Waals surface area contributed by atoms with E-state index in [4.69, 9.17) is 4.74 Å². The lowest BCUT2D eigenvalue weighted by Gasteiger charge is -2.32. The van der Waals surface area contributed by atoms with Crippen LogP contribution in [0.25, 0.3) is 0 Å². The van der Waals surface area contributed by atoms with E-state index in [0.717, 1.165) is 36.5 Å². The van der Waals surface area contributed by atoms with Crippen molar-refractivity contribution in [2.24, 2.45) is 0 Å². The Morgan fingerprint density at radius 1 is 1.36 bits per heavy atom. The Bertz CT molecular complexity index is 805. The summed E-state index contributed by atoms with van der Waals surface area (Å²) < 4.78 is 6.57. The molecule has 25 heavy (non-hydrogen) atoms. The second-order valence-corrected chi connectivity index (χ2v) is 7.28. The molecule has 0 bridgehead atoms. The zero-order chi connectivity index (χ0) is 17.0. The highest BCUT2D eigenvalue weighted by atomic mass is 16.5. The van der Waals surface area contributed by atoms with E-state index >= 15 is 0 Å². The topological polar surface area (TPSA) is 61.5 Å². The van der Waals surface area contributed by atoms with E-state index in [-0.39, 0.29) is 18.1 Å². The van der Waals surface area contributed by atoms with Gasteiger partial charge in [0, 0.05) is 31.6 Å². The number of likely N-dealkylation sites (tertiary alicyclic amines) is 1. The number of imidazole rings is 1. The fraction of sp³-hybridized carbons (Fsp3) is 0.474. The number of rotatable bonds is 3. The summed E-state index contributed by atoms with van der Waals surface area (Å²) in [4.78, 5) is 24.6. The van der Waals surface area contributed by atoms with Gasteiger partial charge in [-0.15, -0.1) is 0 Å². The van der Waals surface area contributed by atoms with Crippen LogP contribution in [-0.4, -0.2) is 50.5 Å². The first kappa shape index (κ1) is 15.1. The molecule has 0 unspecified atom stereocenters. The Hall–Kier alpha value is -2.18. The van der Waals surface area contributed by atoms with Crippen molar-refractivity contribution in [3.05, 3.63) is 53.6 Å². The number of aryl methyl sites for hydroxylation is 1. The zero-order valence-corrected chi connectivity index (χ0v) is 14.3. The first-order valence-corrected chi connectivity index (χ1v) is 8.93. The van der Waals surface area contributed by atoms with Gasteiger partial charge >= 0.3 is 0 Å². The normalized spacial score (nSPS) is 31.6. The van der Waals surface area contributed by atoms with E-state index in [1.807, 2.05) is 30.0 Å². The van der Waals surface area contributed by atoms with Crippen molar-refractivity contribution in [1.29, 1.82) is 0 Å². The van der Waals surface area contributed by atoms with Crippen LogP contribution in [-0.2, 0) is 16.1 Å². The van der Waals surface area contributed by atoms with Crippen LogP contribution in [0.1, 0.15) is 35.9 Å². The van der Waals surface area contributed by atoms with Crippen molar-refractivity contribution in [3.8, 4) is 0 Å². The second kappa shape index (κ2) is 5.41. The molecule has 1 N–H and O–H groups in total. The van der Waals surface area contributed by atoms with E-state index < -0.39 is 5.72 Å². The molecule has 6 heteroatoms. The van der Waals surface area contributed by atoms with Gasteiger partial charge in [-0.25, -0.2) is 4.98 Å². The van der Waals surface area contributed by atoms with Gasteiger partial charge in [0.15, 0.2) is 5.72 Å². The predicted molar refractivity (Wildman–Crippen MR) is 91.5 cm³/mol. The van der Waals surface area contributed by atoms with Gasteiger partial charge in [0.2, 0.25) is 5.91 Å². The van der Waals surface area contributed by atoms with Gasteiger partial charge in [0.05, 0.1) is 24.6 Å². The quantitative estimate of drug-likeness (QED) is 0.930. The van der Waals surface area contributed by atoms with E-state index in [1.54, 1.807) is 6.33 Å². The highest BCUT2D eigenvalue weighted by Gasteiger charge is 2.63. The van der Waals surface area contributed by atoms with E-state index in [0.29, 0.717) is 13.0 Å². The Morgan fingerprint density at radius 2 is 2.20 bits per heavy atom. The molecule has 0 radical (unpaired) electrons. The van der Waals surface area contributed by atoms with Gasteiger partial charge in [-0.2, -0.15) is 0 Å². The SMILES string of the molecule is Cc1[nH]cnc1CN1CC[C@@]23O[C@@H](c4ccccc4)CN2C(=O)C[C@@H]13. The molecule has 0 aliphatic carbocycles. The van der Waals surface area contributed by atoms with Crippen LogP contribution >= 0.6 is 0 Å². The number of ether oxygens (including phenoxy) is 1. The van der Waals surface area contributed by atoms with Gasteiger partial charge in [-0.05, 0) is 12.5 Å². The molecule has 3 aliphatic rings. The van der Waals surface area contributed by atoms with Crippen LogP contribution < -0.4 is 0 Å². The maximum Gasteiger partial charge on any atom is 0.226 e. The van der Waals surface area contributed by atoms with Crippen molar-refractivity contribution in [2.45, 2.75) is 44.2 Å². The number of H-pyrrole nitrogens is 1. The van der Waals surface area contributed by atoms with Crippen molar-refractivity contribution in [3.63, 3.8) is 0 Å². The molecular formula is C19H22N4O2. The summed E-state index contributed by atoms with van der Waals surface area (Å²) in [7, 11) is 0. The van der Waals surface area contributed by atoms with Crippen LogP contribution in [0.2, 0.25) is 0 Å². The molecule has 5 rings (SSSR count). The molecule has 3 fully saturated rings. The number of aromatic nitrogens is 2. The summed E-state index contributed by atoms with van der Waals surface area (Å²) in [6, 6.07) is 10.4. The Morgan fingerprint density at radius 3 is 2.96 bits per heavy atom. The molecule has 3 aliphatic heterocycles. The molecule has 2 aromatic rings. The molecule has 1 aromatic carbocycles. The number of benzene rings is 1. The van der Waals surface area contributed by atoms with Crippen molar-refractivity contribution in [2.75, 3.05) is 13.1 Å². The Kier molecular flexibility index (Phi) is 3.27. The van der Waals surface area contributed by atoms with Gasteiger partial charge in [0.25, 0.3) is 0 Å². The summed E-state index contributed by atoms with van der Waals surface area (Å²) in [6.45, 7) is 4.40. The molecule has 1 spiro atoms. The largest absolute Gasteiger partial charge is 0.348 e. The fourth-order valence-electron chi connectivity index (χ4n) is 4.68. The van der Waals surface area contributed by atoms with Gasteiger partial charge in [0.1, 0.15) is 6.10 Å². The van der Waals surface area contributed by atoms with Crippen LogP contribution in [0.3, 0.4) is 0 Å². The molecular weight excluding hydrogens is 316 g/mol. The van der Waals surface area contributed by atoms with E-state index in [1.165, 1.54) is 0 Å². The monoisotopic (exact) mass is 338 g/mol. The molecule has 1 amide bonds. The van der Waals surface area contributed by atoms with Crippen LogP contribution in [0.4, 0.5) is 0 Å². The van der Waals surface area contributed by atoms with E-state index in [9.17, 15) is 4.79 Å². The van der Waals surface area contributed by atoms with Crippen LogP contribution in [0.15, 0.2) is 36.7 Å². The molecule has 130 valence electrons. The molecule has 1 aromatic heterocycles. The number of aromatic amines is 1. The number of hydrogen-bond acceptors (Lipinski definition) is 4. The first-order chi connectivity index (χ1) is 12.2. The standard InChI is InChI=1S/C19H22N4O2/c1-13-15(21-12-20-13)10-22-8-7-19-17(22)9-18(24)23(19)11-16(25-19)14-5-3-2-4-6-14/h2-6,12,16-17H,7-11H2,1H3,(H,20,21)/t16-,17-,19+/m1/s1. The highest BCUT2D eigenvalue weighted by Crippen LogP contribution is 2.50. The number of carbonyl (C=O) groups excluding carboxylic acids is 1. The molecule has 3 atom stereocenters. The van der Waals surface area contributed by atoms with Gasteiger partial charge in [-0.3, -0.25) is 9.69 Å². The fourth-order valence-corrected chi connectivity index (χ4v) is 4.68. The smallest absolute Gasteiger partial charge is 0.226 e. The van der Waals surface area contributed by atoms with Gasteiger partial charge in [-0.1, -0.05) is 30.3 Å². The summed E-state index contributed by atoms with van der Waals surface area (Å²) in [6.07, 6.45) is 3.13. The first-order valence-electron chi connectivity index (χ1n) is 8.93. The number of hydrogen-bond donors (Lipinski definition) is 1. The van der Waals surface area contributed by atoms with E-state index in [2.05, 4.69) is 27.0 Å². The summed E-state index contributed by atoms with van der Waals surface area (Å²) in [5.74, 6) is 0.215. The number of amides is 1. The second-order valence-electron chi connectivity index (χ2n) is 7.28. The lowest BCUT2D eigenvalue weighted by Crippen LogP contribution is -2.47. The highest BCUT2D eigenvalue weighted by molar-refractivity contribution is 5.81. The molecule has 3 saturated heterocycles. The maximum atomic E-state index is 12.7. The molecule has 4 heterocycles. The lowest BCUT2D eigenvalue weighted by molar-refractivity contribution is -0.138. The van der Waals surface area contributed by atoms with Crippen LogP contribution in [0.5, 0.6) is 0 Å². The number of nitrogens with zero attached hydrogens (tertiary/aromatic N) is 3. The van der Waals surface area contributed by atoms with Crippen molar-refractivity contribution < 1.29 is 9.53 Å². The van der Waals surface area contributed by atoms with Crippen molar-refractivity contribution >= 4 is 5.91 Å². The zero-order valence-electron chi connectivity index (χ0n) is 14.3. The maximum absolute atomic E-state index is 12.7. The lowest BCUT2D eigenvalue weighted by atomic mass is 10.1. The third kappa shape index (κ3) is 2.17. The third-order valence-electron chi connectivity index (χ3n) is 6.00. The minimum atomic E-state index is -0.457. The number of nitrogens with one attached hydrogen (secondary N) is 1. The Labute approximate surface area is 146 Å². The molecule has 6 nitrogen and oxygen atoms in total. The average molecular weight is 338 g/mol. The minimum absolute atomic E-state index is 0.0278. The predicted octanol–water partition coefficient (Wildman–Crippen LogP) is 1.99. The van der Waals surface area contributed by atoms with Crippen LogP contribution in [0, 0.1) is 6.92 Å². The third-order valence-corrected chi connectivity index (χ3v) is 6.00.